The van der Waals surface area contributed by atoms with Gasteiger partial charge >= 0.3 is 0 Å². The summed E-state index contributed by atoms with van der Waals surface area (Å²) < 4.78 is 40.3. The molecule has 1 aromatic carbocycles. The Morgan fingerprint density at radius 3 is 2.62 bits per heavy atom. The molecule has 26 heavy (non-hydrogen) atoms. The van der Waals surface area contributed by atoms with E-state index in [1.165, 1.54) is 18.2 Å². The van der Waals surface area contributed by atoms with E-state index in [1.807, 2.05) is 13.0 Å². The summed E-state index contributed by atoms with van der Waals surface area (Å²) in [5.74, 6) is 0.562. The van der Waals surface area contributed by atoms with Gasteiger partial charge in [-0.05, 0) is 31.9 Å². The number of sulfonamides is 1. The minimum Gasteiger partial charge on any atom is -0.356 e. The Morgan fingerprint density at radius 2 is 1.88 bits per heavy atom. The van der Waals surface area contributed by atoms with E-state index >= 15 is 0 Å². The van der Waals surface area contributed by atoms with Crippen LogP contribution in [0, 0.1) is 12.7 Å². The Bertz CT molecular complexity index is 869. The van der Waals surface area contributed by atoms with Crippen molar-refractivity contribution < 1.29 is 12.8 Å². The van der Waals surface area contributed by atoms with Crippen molar-refractivity contribution >= 4 is 21.8 Å². The average molecular weight is 379 g/mol. The number of anilines is 2. The smallest absolute Gasteiger partial charge is 0.243 e. The summed E-state index contributed by atoms with van der Waals surface area (Å²) in [6.07, 6.45) is 2.31. The topological polar surface area (TPSA) is 87.2 Å². The van der Waals surface area contributed by atoms with E-state index in [0.29, 0.717) is 5.95 Å². The molecule has 7 nitrogen and oxygen atoms in total. The first-order valence-electron chi connectivity index (χ1n) is 8.54. The molecule has 2 aromatic rings. The molecule has 1 aromatic heterocycles. The van der Waals surface area contributed by atoms with Crippen LogP contribution in [0.1, 0.15) is 18.5 Å². The molecule has 0 bridgehead atoms. The highest BCUT2D eigenvalue weighted by atomic mass is 32.2. The zero-order chi connectivity index (χ0) is 18.6. The van der Waals surface area contributed by atoms with Crippen LogP contribution in [0.2, 0.25) is 0 Å². The average Bonchev–Trinajstić information content (AvgIpc) is 3.13. The summed E-state index contributed by atoms with van der Waals surface area (Å²) in [5.41, 5.74) is 0.844. The van der Waals surface area contributed by atoms with Gasteiger partial charge in [0.1, 0.15) is 16.5 Å². The maximum Gasteiger partial charge on any atom is 0.243 e. The second kappa shape index (κ2) is 7.96. The van der Waals surface area contributed by atoms with Crippen molar-refractivity contribution in [3.05, 3.63) is 41.8 Å². The van der Waals surface area contributed by atoms with Gasteiger partial charge in [0.25, 0.3) is 0 Å². The molecule has 140 valence electrons. The van der Waals surface area contributed by atoms with E-state index in [1.54, 1.807) is 0 Å². The molecule has 0 atom stereocenters. The highest BCUT2D eigenvalue weighted by molar-refractivity contribution is 7.89. The molecule has 0 saturated carbocycles. The Labute approximate surface area is 152 Å². The summed E-state index contributed by atoms with van der Waals surface area (Å²) in [6.45, 7) is 4.24. The van der Waals surface area contributed by atoms with Gasteiger partial charge in [-0.2, -0.15) is 4.98 Å². The zero-order valence-electron chi connectivity index (χ0n) is 14.6. The minimum absolute atomic E-state index is 0.0903. The third-order valence-electron chi connectivity index (χ3n) is 4.10. The van der Waals surface area contributed by atoms with Crippen LogP contribution in [-0.4, -0.2) is 44.6 Å². The van der Waals surface area contributed by atoms with Gasteiger partial charge < -0.3 is 10.2 Å². The van der Waals surface area contributed by atoms with Crippen LogP contribution in [-0.2, 0) is 10.0 Å². The number of benzene rings is 1. The Kier molecular flexibility index (Phi) is 5.67. The lowest BCUT2D eigenvalue weighted by Crippen LogP contribution is -2.30. The number of hydrogen-bond donors (Lipinski definition) is 2. The first kappa shape index (κ1) is 18.5. The molecule has 1 saturated heterocycles. The lowest BCUT2D eigenvalue weighted by molar-refractivity contribution is 0.558. The van der Waals surface area contributed by atoms with E-state index in [-0.39, 0.29) is 18.0 Å². The summed E-state index contributed by atoms with van der Waals surface area (Å²) in [5, 5.41) is 3.02. The summed E-state index contributed by atoms with van der Waals surface area (Å²) in [4.78, 5) is 10.7. The van der Waals surface area contributed by atoms with Crippen LogP contribution in [0.3, 0.4) is 0 Å². The summed E-state index contributed by atoms with van der Waals surface area (Å²) in [7, 11) is -3.89. The molecular formula is C17H22FN5O2S. The molecule has 0 aliphatic carbocycles. The van der Waals surface area contributed by atoms with E-state index < -0.39 is 15.8 Å². The normalized spacial score (nSPS) is 14.6. The van der Waals surface area contributed by atoms with E-state index in [2.05, 4.69) is 24.9 Å². The van der Waals surface area contributed by atoms with Crippen molar-refractivity contribution in [1.82, 2.24) is 14.7 Å². The molecule has 2 N–H and O–H groups in total. The van der Waals surface area contributed by atoms with Gasteiger partial charge in [-0.15, -0.1) is 0 Å². The largest absolute Gasteiger partial charge is 0.356 e. The molecule has 1 aliphatic heterocycles. The molecule has 0 unspecified atom stereocenters. The molecule has 9 heteroatoms. The first-order chi connectivity index (χ1) is 12.5. The fraction of sp³-hybridized carbons (Fsp3) is 0.412. The molecule has 0 amide bonds. The van der Waals surface area contributed by atoms with Crippen molar-refractivity contribution in [3.63, 3.8) is 0 Å². The predicted octanol–water partition coefficient (Wildman–Crippen LogP) is 1.91. The van der Waals surface area contributed by atoms with E-state index in [0.717, 1.165) is 43.5 Å². The second-order valence-electron chi connectivity index (χ2n) is 6.14. The van der Waals surface area contributed by atoms with Gasteiger partial charge in [-0.25, -0.2) is 22.5 Å². The standard InChI is InChI=1S/C17H22FN5O2S/c1-13-12-16(23-10-4-5-11-23)22-17(21-13)19-8-9-20-26(24,25)15-7-3-2-6-14(15)18/h2-3,6-7,12,20H,4-5,8-11H2,1H3,(H,19,21,22). The number of halogens is 1. The Hall–Kier alpha value is -2.26. The van der Waals surface area contributed by atoms with Crippen molar-refractivity contribution in [2.75, 3.05) is 36.4 Å². The van der Waals surface area contributed by atoms with E-state index in [9.17, 15) is 12.8 Å². The maximum atomic E-state index is 13.6. The fourth-order valence-electron chi connectivity index (χ4n) is 2.84. The predicted molar refractivity (Wildman–Crippen MR) is 98.3 cm³/mol. The monoisotopic (exact) mass is 379 g/mol. The zero-order valence-corrected chi connectivity index (χ0v) is 15.4. The second-order valence-corrected chi connectivity index (χ2v) is 7.88. The SMILES string of the molecule is Cc1cc(N2CCCC2)nc(NCCNS(=O)(=O)c2ccccc2F)n1. The summed E-state index contributed by atoms with van der Waals surface area (Å²) in [6, 6.07) is 7.22. The molecule has 2 heterocycles. The van der Waals surface area contributed by atoms with Gasteiger partial charge in [0.05, 0.1) is 0 Å². The van der Waals surface area contributed by atoms with Gasteiger partial charge in [0, 0.05) is 37.9 Å². The van der Waals surface area contributed by atoms with Gasteiger partial charge in [-0.3, -0.25) is 0 Å². The molecule has 0 radical (unpaired) electrons. The van der Waals surface area contributed by atoms with Gasteiger partial charge in [-0.1, -0.05) is 12.1 Å². The first-order valence-corrected chi connectivity index (χ1v) is 10.0. The Morgan fingerprint density at radius 1 is 1.15 bits per heavy atom. The van der Waals surface area contributed by atoms with Crippen LogP contribution in [0.5, 0.6) is 0 Å². The van der Waals surface area contributed by atoms with Crippen LogP contribution < -0.4 is 14.9 Å². The number of rotatable bonds is 7. The number of hydrogen-bond acceptors (Lipinski definition) is 6. The van der Waals surface area contributed by atoms with Crippen molar-refractivity contribution in [2.45, 2.75) is 24.7 Å². The minimum atomic E-state index is -3.89. The third-order valence-corrected chi connectivity index (χ3v) is 5.59. The highest BCUT2D eigenvalue weighted by Gasteiger charge is 2.18. The lowest BCUT2D eigenvalue weighted by Gasteiger charge is -2.17. The van der Waals surface area contributed by atoms with Gasteiger partial charge in [0.2, 0.25) is 16.0 Å². The number of aryl methyl sites for hydroxylation is 1. The molecule has 3 rings (SSSR count). The number of nitrogens with zero attached hydrogens (tertiary/aromatic N) is 3. The third kappa shape index (κ3) is 4.47. The van der Waals surface area contributed by atoms with Crippen LogP contribution in [0.4, 0.5) is 16.2 Å². The Balaban J connectivity index is 1.57. The van der Waals surface area contributed by atoms with Crippen LogP contribution in [0.15, 0.2) is 35.2 Å². The van der Waals surface area contributed by atoms with Crippen molar-refractivity contribution in [1.29, 1.82) is 0 Å². The van der Waals surface area contributed by atoms with Crippen molar-refractivity contribution in [2.24, 2.45) is 0 Å². The lowest BCUT2D eigenvalue weighted by atomic mass is 10.4. The number of nitrogens with one attached hydrogen (secondary N) is 2. The van der Waals surface area contributed by atoms with Gasteiger partial charge in [0.15, 0.2) is 0 Å². The van der Waals surface area contributed by atoms with Crippen molar-refractivity contribution in [3.8, 4) is 0 Å². The molecule has 1 fully saturated rings. The quantitative estimate of drug-likeness (QED) is 0.715. The molecule has 0 spiro atoms. The fourth-order valence-corrected chi connectivity index (χ4v) is 3.95. The number of aromatic nitrogens is 2. The van der Waals surface area contributed by atoms with Crippen LogP contribution >= 0.6 is 0 Å². The van der Waals surface area contributed by atoms with Crippen LogP contribution in [0.25, 0.3) is 0 Å². The highest BCUT2D eigenvalue weighted by Crippen LogP contribution is 2.19. The summed E-state index contributed by atoms with van der Waals surface area (Å²) >= 11 is 0. The molecule has 1 aliphatic rings. The molecular weight excluding hydrogens is 357 g/mol. The maximum absolute atomic E-state index is 13.6. The van der Waals surface area contributed by atoms with E-state index in [4.69, 9.17) is 0 Å².